The van der Waals surface area contributed by atoms with Crippen LogP contribution in [0.2, 0.25) is 0 Å². The standard InChI is InChI=1S/C20H28N6O/c1-13-6-16(23-24(13)5)19(27)26-10-14-8-25(9-15(14)11-26)18-7-17(20(2,3)4)21-12-22-18/h6-7,12,14-15H,8-11H2,1-5H3. The number of fused-ring (bicyclic) bond motifs is 1. The Morgan fingerprint density at radius 3 is 2.30 bits per heavy atom. The molecule has 144 valence electrons. The van der Waals surface area contributed by atoms with Crippen LogP contribution >= 0.6 is 0 Å². The predicted octanol–water partition coefficient (Wildman–Crippen LogP) is 2.02. The molecule has 0 radical (unpaired) electrons. The number of hydrogen-bond donors (Lipinski definition) is 0. The van der Waals surface area contributed by atoms with Crippen LogP contribution in [-0.4, -0.2) is 56.7 Å². The van der Waals surface area contributed by atoms with E-state index >= 15 is 0 Å². The Labute approximate surface area is 160 Å². The van der Waals surface area contributed by atoms with E-state index in [4.69, 9.17) is 0 Å². The van der Waals surface area contributed by atoms with Gasteiger partial charge in [-0.3, -0.25) is 9.48 Å². The first-order valence-corrected chi connectivity index (χ1v) is 9.60. The van der Waals surface area contributed by atoms with E-state index in [1.54, 1.807) is 11.0 Å². The fraction of sp³-hybridized carbons (Fsp3) is 0.600. The fourth-order valence-corrected chi connectivity index (χ4v) is 4.10. The molecule has 2 aliphatic rings. The van der Waals surface area contributed by atoms with Crippen LogP contribution in [0.25, 0.3) is 0 Å². The third-order valence-electron chi connectivity index (χ3n) is 5.85. The highest BCUT2D eigenvalue weighted by molar-refractivity contribution is 5.92. The van der Waals surface area contributed by atoms with Gasteiger partial charge in [-0.2, -0.15) is 5.10 Å². The number of aryl methyl sites for hydroxylation is 2. The Hall–Kier alpha value is -2.44. The number of hydrogen-bond acceptors (Lipinski definition) is 5. The third kappa shape index (κ3) is 3.31. The van der Waals surface area contributed by atoms with Gasteiger partial charge in [-0.15, -0.1) is 0 Å². The lowest BCUT2D eigenvalue weighted by Crippen LogP contribution is -2.34. The molecule has 7 nitrogen and oxygen atoms in total. The van der Waals surface area contributed by atoms with Gasteiger partial charge in [0.05, 0.1) is 5.69 Å². The topological polar surface area (TPSA) is 67.2 Å². The van der Waals surface area contributed by atoms with Gasteiger partial charge in [0.15, 0.2) is 5.69 Å². The molecular formula is C20H28N6O. The second-order valence-electron chi connectivity index (χ2n) is 8.94. The number of rotatable bonds is 2. The van der Waals surface area contributed by atoms with E-state index in [2.05, 4.69) is 46.8 Å². The highest BCUT2D eigenvalue weighted by Gasteiger charge is 2.42. The largest absolute Gasteiger partial charge is 0.356 e. The molecule has 0 spiro atoms. The normalized spacial score (nSPS) is 22.4. The highest BCUT2D eigenvalue weighted by atomic mass is 16.2. The maximum atomic E-state index is 12.8. The van der Waals surface area contributed by atoms with Crippen molar-refractivity contribution in [2.75, 3.05) is 31.1 Å². The van der Waals surface area contributed by atoms with Gasteiger partial charge in [-0.05, 0) is 13.0 Å². The molecule has 0 aromatic carbocycles. The average molecular weight is 368 g/mol. The number of aromatic nitrogens is 4. The zero-order valence-corrected chi connectivity index (χ0v) is 16.8. The van der Waals surface area contributed by atoms with Gasteiger partial charge in [0, 0.05) is 62.2 Å². The summed E-state index contributed by atoms with van der Waals surface area (Å²) in [4.78, 5) is 26.0. The van der Waals surface area contributed by atoms with Crippen molar-refractivity contribution >= 4 is 11.7 Å². The summed E-state index contributed by atoms with van der Waals surface area (Å²) in [5.41, 5.74) is 2.63. The van der Waals surface area contributed by atoms with Gasteiger partial charge < -0.3 is 9.80 Å². The first-order valence-electron chi connectivity index (χ1n) is 9.60. The van der Waals surface area contributed by atoms with Gasteiger partial charge in [-0.25, -0.2) is 9.97 Å². The van der Waals surface area contributed by atoms with E-state index < -0.39 is 0 Å². The van der Waals surface area contributed by atoms with Crippen molar-refractivity contribution in [3.05, 3.63) is 35.5 Å². The van der Waals surface area contributed by atoms with E-state index in [1.807, 2.05) is 24.9 Å². The molecule has 2 saturated heterocycles. The SMILES string of the molecule is Cc1cc(C(=O)N2CC3CN(c4cc(C(C)(C)C)ncn4)CC3C2)nn1C. The molecule has 0 bridgehead atoms. The van der Waals surface area contributed by atoms with Crippen LogP contribution < -0.4 is 4.90 Å². The highest BCUT2D eigenvalue weighted by Crippen LogP contribution is 2.34. The second kappa shape index (κ2) is 6.32. The number of nitrogens with zero attached hydrogens (tertiary/aromatic N) is 6. The molecule has 2 aromatic heterocycles. The van der Waals surface area contributed by atoms with E-state index in [-0.39, 0.29) is 11.3 Å². The maximum Gasteiger partial charge on any atom is 0.274 e. The molecule has 4 rings (SSSR count). The van der Waals surface area contributed by atoms with Crippen LogP contribution in [0, 0.1) is 18.8 Å². The van der Waals surface area contributed by atoms with Crippen LogP contribution in [0.15, 0.2) is 18.5 Å². The van der Waals surface area contributed by atoms with Crippen LogP contribution in [0.3, 0.4) is 0 Å². The second-order valence-corrected chi connectivity index (χ2v) is 8.94. The molecule has 2 fully saturated rings. The summed E-state index contributed by atoms with van der Waals surface area (Å²) in [6, 6.07) is 3.98. The molecule has 2 atom stereocenters. The smallest absolute Gasteiger partial charge is 0.274 e. The minimum absolute atomic E-state index is 0.0112. The lowest BCUT2D eigenvalue weighted by Gasteiger charge is -2.24. The Kier molecular flexibility index (Phi) is 4.20. The Balaban J connectivity index is 1.43. The number of anilines is 1. The summed E-state index contributed by atoms with van der Waals surface area (Å²) in [7, 11) is 1.87. The van der Waals surface area contributed by atoms with Gasteiger partial charge in [0.1, 0.15) is 12.1 Å². The summed E-state index contributed by atoms with van der Waals surface area (Å²) in [6.45, 7) is 11.9. The minimum atomic E-state index is 0.0112. The van der Waals surface area contributed by atoms with Crippen molar-refractivity contribution in [2.24, 2.45) is 18.9 Å². The summed E-state index contributed by atoms with van der Waals surface area (Å²) in [5.74, 6) is 2.04. The van der Waals surface area contributed by atoms with Crippen molar-refractivity contribution in [1.82, 2.24) is 24.6 Å². The Bertz CT molecular complexity index is 834. The minimum Gasteiger partial charge on any atom is -0.356 e. The number of carbonyl (C=O) groups excluding carboxylic acids is 1. The van der Waals surface area contributed by atoms with E-state index in [0.29, 0.717) is 17.5 Å². The van der Waals surface area contributed by atoms with Crippen molar-refractivity contribution in [3.63, 3.8) is 0 Å². The molecule has 2 aromatic rings. The fourth-order valence-electron chi connectivity index (χ4n) is 4.10. The quantitative estimate of drug-likeness (QED) is 0.811. The molecule has 2 unspecified atom stereocenters. The maximum absolute atomic E-state index is 12.8. The number of likely N-dealkylation sites (tertiary alicyclic amines) is 1. The van der Waals surface area contributed by atoms with Crippen LogP contribution in [-0.2, 0) is 12.5 Å². The molecule has 4 heterocycles. The van der Waals surface area contributed by atoms with Gasteiger partial charge in [-0.1, -0.05) is 20.8 Å². The zero-order chi connectivity index (χ0) is 19.3. The first kappa shape index (κ1) is 17.9. The first-order chi connectivity index (χ1) is 12.7. The van der Waals surface area contributed by atoms with E-state index in [0.717, 1.165) is 43.4 Å². The van der Waals surface area contributed by atoms with Crippen molar-refractivity contribution < 1.29 is 4.79 Å². The van der Waals surface area contributed by atoms with Gasteiger partial charge >= 0.3 is 0 Å². The van der Waals surface area contributed by atoms with Gasteiger partial charge in [0.25, 0.3) is 5.91 Å². The molecule has 1 amide bonds. The Morgan fingerprint density at radius 2 is 1.74 bits per heavy atom. The monoisotopic (exact) mass is 368 g/mol. The number of amides is 1. The Morgan fingerprint density at radius 1 is 1.07 bits per heavy atom. The van der Waals surface area contributed by atoms with E-state index in [9.17, 15) is 4.79 Å². The van der Waals surface area contributed by atoms with Crippen LogP contribution in [0.4, 0.5) is 5.82 Å². The summed E-state index contributed by atoms with van der Waals surface area (Å²) >= 11 is 0. The molecule has 7 heteroatoms. The van der Waals surface area contributed by atoms with Crippen LogP contribution in [0.5, 0.6) is 0 Å². The molecule has 0 saturated carbocycles. The van der Waals surface area contributed by atoms with Crippen molar-refractivity contribution in [2.45, 2.75) is 33.1 Å². The summed E-state index contributed by atoms with van der Waals surface area (Å²) < 4.78 is 1.76. The molecule has 0 aliphatic carbocycles. The third-order valence-corrected chi connectivity index (χ3v) is 5.85. The van der Waals surface area contributed by atoms with Crippen LogP contribution in [0.1, 0.15) is 42.6 Å². The predicted molar refractivity (Wildman–Crippen MR) is 104 cm³/mol. The number of carbonyl (C=O) groups is 1. The van der Waals surface area contributed by atoms with Crippen molar-refractivity contribution in [3.8, 4) is 0 Å². The van der Waals surface area contributed by atoms with Gasteiger partial charge in [0.2, 0.25) is 0 Å². The summed E-state index contributed by atoms with van der Waals surface area (Å²) in [5, 5.41) is 4.34. The lowest BCUT2D eigenvalue weighted by molar-refractivity contribution is 0.0776. The lowest BCUT2D eigenvalue weighted by atomic mass is 9.92. The zero-order valence-electron chi connectivity index (χ0n) is 16.8. The average Bonchev–Trinajstić information content (AvgIpc) is 3.27. The molecule has 2 aliphatic heterocycles. The van der Waals surface area contributed by atoms with E-state index in [1.165, 1.54) is 0 Å². The molecule has 27 heavy (non-hydrogen) atoms. The molecular weight excluding hydrogens is 340 g/mol. The summed E-state index contributed by atoms with van der Waals surface area (Å²) in [6.07, 6.45) is 1.67. The van der Waals surface area contributed by atoms with Crippen molar-refractivity contribution in [1.29, 1.82) is 0 Å². The molecule has 0 N–H and O–H groups in total.